The number of unbranched alkanes of at least 4 members (excludes halogenated alkanes) is 1. The largest absolute Gasteiger partial charge is 0.338 e. The van der Waals surface area contributed by atoms with Gasteiger partial charge in [-0.05, 0) is 6.42 Å². The molecule has 1 atom stereocenters. The molecule has 0 aromatic carbocycles. The van der Waals surface area contributed by atoms with E-state index in [-0.39, 0.29) is 6.03 Å². The van der Waals surface area contributed by atoms with Crippen molar-refractivity contribution in [3.8, 4) is 0 Å². The summed E-state index contributed by atoms with van der Waals surface area (Å²) in [5.74, 6) is 1.07. The zero-order chi connectivity index (χ0) is 10.4. The van der Waals surface area contributed by atoms with Crippen molar-refractivity contribution in [2.45, 2.75) is 31.9 Å². The molecule has 4 heteroatoms. The molecule has 1 aliphatic rings. The normalized spacial score (nSPS) is 22.1. The molecule has 0 aliphatic carbocycles. The number of hydrogen-bond donors (Lipinski definition) is 1. The van der Waals surface area contributed by atoms with Crippen LogP contribution >= 0.6 is 11.8 Å². The number of urea groups is 1. The summed E-state index contributed by atoms with van der Waals surface area (Å²) in [6.45, 7) is 6.91. The first-order valence-corrected chi connectivity index (χ1v) is 6.43. The van der Waals surface area contributed by atoms with Gasteiger partial charge in [-0.15, -0.1) is 0 Å². The molecule has 1 heterocycles. The molecule has 2 amide bonds. The second-order valence-corrected chi connectivity index (χ2v) is 5.26. The lowest BCUT2D eigenvalue weighted by molar-refractivity contribution is 0.200. The molecule has 14 heavy (non-hydrogen) atoms. The standard InChI is InChI=1S/C10H20N2OS/c1-3-4-5-11-10(13)12-6-7-14-9(2)8-12/h9H,3-8H2,1-2H3,(H,11,13). The molecule has 1 unspecified atom stereocenters. The Morgan fingerprint density at radius 3 is 3.07 bits per heavy atom. The van der Waals surface area contributed by atoms with Gasteiger partial charge in [0.15, 0.2) is 0 Å². The molecule has 1 saturated heterocycles. The van der Waals surface area contributed by atoms with E-state index < -0.39 is 0 Å². The highest BCUT2D eigenvalue weighted by Crippen LogP contribution is 2.17. The average Bonchev–Trinajstić information content (AvgIpc) is 2.18. The number of hydrogen-bond acceptors (Lipinski definition) is 2. The Balaban J connectivity index is 2.22. The summed E-state index contributed by atoms with van der Waals surface area (Å²) in [6.07, 6.45) is 2.20. The number of rotatable bonds is 3. The zero-order valence-electron chi connectivity index (χ0n) is 9.08. The predicted molar refractivity (Wildman–Crippen MR) is 61.8 cm³/mol. The minimum Gasteiger partial charge on any atom is -0.338 e. The van der Waals surface area contributed by atoms with E-state index in [9.17, 15) is 4.79 Å². The van der Waals surface area contributed by atoms with Gasteiger partial charge in [-0.3, -0.25) is 0 Å². The average molecular weight is 216 g/mol. The maximum Gasteiger partial charge on any atom is 0.317 e. The summed E-state index contributed by atoms with van der Waals surface area (Å²) in [7, 11) is 0. The fraction of sp³-hybridized carbons (Fsp3) is 0.900. The maximum absolute atomic E-state index is 11.6. The monoisotopic (exact) mass is 216 g/mol. The highest BCUT2D eigenvalue weighted by atomic mass is 32.2. The van der Waals surface area contributed by atoms with Crippen LogP contribution in [0.3, 0.4) is 0 Å². The van der Waals surface area contributed by atoms with E-state index in [0.717, 1.165) is 38.2 Å². The van der Waals surface area contributed by atoms with Crippen LogP contribution in [-0.2, 0) is 0 Å². The van der Waals surface area contributed by atoms with Crippen molar-refractivity contribution in [3.05, 3.63) is 0 Å². The van der Waals surface area contributed by atoms with Gasteiger partial charge in [-0.25, -0.2) is 4.79 Å². The molecule has 1 N–H and O–H groups in total. The maximum atomic E-state index is 11.6. The minimum absolute atomic E-state index is 0.116. The zero-order valence-corrected chi connectivity index (χ0v) is 9.90. The molecule has 0 radical (unpaired) electrons. The molecule has 1 rings (SSSR count). The van der Waals surface area contributed by atoms with Crippen molar-refractivity contribution < 1.29 is 4.79 Å². The van der Waals surface area contributed by atoms with Gasteiger partial charge in [0.05, 0.1) is 0 Å². The minimum atomic E-state index is 0.116. The van der Waals surface area contributed by atoms with Crippen molar-refractivity contribution >= 4 is 17.8 Å². The quantitative estimate of drug-likeness (QED) is 0.731. The molecular weight excluding hydrogens is 196 g/mol. The Morgan fingerprint density at radius 1 is 1.64 bits per heavy atom. The van der Waals surface area contributed by atoms with Crippen LogP contribution in [0.1, 0.15) is 26.7 Å². The third-order valence-corrected chi connectivity index (χ3v) is 3.47. The summed E-state index contributed by atoms with van der Waals surface area (Å²) >= 11 is 1.95. The van der Waals surface area contributed by atoms with Crippen molar-refractivity contribution in [2.75, 3.05) is 25.4 Å². The summed E-state index contributed by atoms with van der Waals surface area (Å²) in [5, 5.41) is 3.54. The summed E-state index contributed by atoms with van der Waals surface area (Å²) in [4.78, 5) is 13.6. The Kier molecular flexibility index (Phi) is 5.15. The second kappa shape index (κ2) is 6.17. The molecule has 1 aliphatic heterocycles. The predicted octanol–water partition coefficient (Wildman–Crippen LogP) is 1.93. The van der Waals surface area contributed by atoms with E-state index in [1.165, 1.54) is 0 Å². The van der Waals surface area contributed by atoms with E-state index in [1.807, 2.05) is 16.7 Å². The van der Waals surface area contributed by atoms with Crippen LogP contribution in [0.5, 0.6) is 0 Å². The van der Waals surface area contributed by atoms with E-state index in [4.69, 9.17) is 0 Å². The molecule has 0 saturated carbocycles. The van der Waals surface area contributed by atoms with Gasteiger partial charge in [-0.1, -0.05) is 20.3 Å². The van der Waals surface area contributed by atoms with Crippen LogP contribution in [-0.4, -0.2) is 41.6 Å². The Bertz CT molecular complexity index is 187. The number of nitrogens with one attached hydrogen (secondary N) is 1. The SMILES string of the molecule is CCCCNC(=O)N1CCSC(C)C1. The third kappa shape index (κ3) is 3.78. The molecular formula is C10H20N2OS. The highest BCUT2D eigenvalue weighted by Gasteiger charge is 2.20. The van der Waals surface area contributed by atoms with Crippen LogP contribution in [0.2, 0.25) is 0 Å². The lowest BCUT2D eigenvalue weighted by Gasteiger charge is -2.30. The fourth-order valence-electron chi connectivity index (χ4n) is 1.49. The molecule has 0 aromatic heterocycles. The summed E-state index contributed by atoms with van der Waals surface area (Å²) < 4.78 is 0. The van der Waals surface area contributed by atoms with E-state index in [2.05, 4.69) is 19.2 Å². The van der Waals surface area contributed by atoms with Crippen molar-refractivity contribution in [2.24, 2.45) is 0 Å². The Morgan fingerprint density at radius 2 is 2.43 bits per heavy atom. The lowest BCUT2D eigenvalue weighted by atomic mass is 10.3. The number of carbonyl (C=O) groups excluding carboxylic acids is 1. The van der Waals surface area contributed by atoms with Crippen LogP contribution in [0, 0.1) is 0 Å². The number of amides is 2. The molecule has 3 nitrogen and oxygen atoms in total. The smallest absolute Gasteiger partial charge is 0.317 e. The van der Waals surface area contributed by atoms with Crippen LogP contribution < -0.4 is 5.32 Å². The van der Waals surface area contributed by atoms with E-state index in [1.54, 1.807) is 0 Å². The molecule has 0 aromatic rings. The van der Waals surface area contributed by atoms with Crippen LogP contribution in [0.25, 0.3) is 0 Å². The van der Waals surface area contributed by atoms with Crippen molar-refractivity contribution in [1.29, 1.82) is 0 Å². The molecule has 0 bridgehead atoms. The van der Waals surface area contributed by atoms with Crippen molar-refractivity contribution in [1.82, 2.24) is 10.2 Å². The van der Waals surface area contributed by atoms with Crippen LogP contribution in [0.4, 0.5) is 4.79 Å². The van der Waals surface area contributed by atoms with Gasteiger partial charge in [-0.2, -0.15) is 11.8 Å². The van der Waals surface area contributed by atoms with Gasteiger partial charge < -0.3 is 10.2 Å². The van der Waals surface area contributed by atoms with Gasteiger partial charge in [0.1, 0.15) is 0 Å². The Labute approximate surface area is 90.6 Å². The van der Waals surface area contributed by atoms with Gasteiger partial charge in [0.2, 0.25) is 0 Å². The van der Waals surface area contributed by atoms with Gasteiger partial charge in [0, 0.05) is 30.6 Å². The summed E-state index contributed by atoms with van der Waals surface area (Å²) in [5.41, 5.74) is 0. The Hall–Kier alpha value is -0.380. The van der Waals surface area contributed by atoms with Gasteiger partial charge in [0.25, 0.3) is 0 Å². The number of thioether (sulfide) groups is 1. The first-order chi connectivity index (χ1) is 6.74. The molecule has 82 valence electrons. The first-order valence-electron chi connectivity index (χ1n) is 5.38. The number of carbonyl (C=O) groups is 1. The van der Waals surface area contributed by atoms with Crippen molar-refractivity contribution in [3.63, 3.8) is 0 Å². The first kappa shape index (κ1) is 11.7. The second-order valence-electron chi connectivity index (χ2n) is 3.71. The fourth-order valence-corrected chi connectivity index (χ4v) is 2.50. The van der Waals surface area contributed by atoms with Crippen LogP contribution in [0.15, 0.2) is 0 Å². The topological polar surface area (TPSA) is 32.3 Å². The highest BCUT2D eigenvalue weighted by molar-refractivity contribution is 7.99. The molecule has 1 fully saturated rings. The number of nitrogens with zero attached hydrogens (tertiary/aromatic N) is 1. The lowest BCUT2D eigenvalue weighted by Crippen LogP contribution is -2.46. The summed E-state index contributed by atoms with van der Waals surface area (Å²) in [6, 6.07) is 0.116. The van der Waals surface area contributed by atoms with E-state index >= 15 is 0 Å². The van der Waals surface area contributed by atoms with E-state index in [0.29, 0.717) is 5.25 Å². The third-order valence-electron chi connectivity index (χ3n) is 2.33. The molecule has 0 spiro atoms. The van der Waals surface area contributed by atoms with Gasteiger partial charge >= 0.3 is 6.03 Å².